The molecule has 0 N–H and O–H groups in total. The topological polar surface area (TPSA) is 43.4 Å². The first-order valence-electron chi connectivity index (χ1n) is 12.4. The molecular formula is C26H48LiNO2. The summed E-state index contributed by atoms with van der Waals surface area (Å²) in [6, 6.07) is 0.343. The second-order valence-electron chi connectivity index (χ2n) is 8.31. The van der Waals surface area contributed by atoms with Crippen LogP contribution in [0.5, 0.6) is 0 Å². The van der Waals surface area contributed by atoms with Crippen LogP contribution in [0.1, 0.15) is 118 Å². The summed E-state index contributed by atoms with van der Waals surface area (Å²) in [5, 5.41) is 11.5. The molecule has 0 saturated heterocycles. The number of carboxylic acid groups (broad SMARTS) is 1. The van der Waals surface area contributed by atoms with E-state index in [2.05, 4.69) is 56.9 Å². The van der Waals surface area contributed by atoms with Gasteiger partial charge in [-0.05, 0) is 38.5 Å². The number of rotatable bonds is 20. The van der Waals surface area contributed by atoms with Crippen molar-refractivity contribution < 1.29 is 28.8 Å². The van der Waals surface area contributed by atoms with Crippen LogP contribution in [0.25, 0.3) is 0 Å². The van der Waals surface area contributed by atoms with E-state index < -0.39 is 5.97 Å². The Bertz CT molecular complexity index is 405. The molecule has 0 aliphatic heterocycles. The van der Waals surface area contributed by atoms with Gasteiger partial charge in [-0.15, -0.1) is 0 Å². The molecule has 4 heteroatoms. The standard InChI is InChI=1S/C26H49NO2.Li/c1-5-9-11-13-15-17-21-24(19-7-3)27(23-26(28)29)25(20-8-4)22-18-16-14-12-10-6-2;/h17-18,21-22,24-25H,5-16,19-20,23H2,1-4H3,(H,28,29);/q;+1/p-1/b21-17+,22-18+;. The van der Waals surface area contributed by atoms with Crippen molar-refractivity contribution in [2.75, 3.05) is 6.54 Å². The quantitative estimate of drug-likeness (QED) is 0.174. The molecule has 0 heterocycles. The third kappa shape index (κ3) is 17.2. The fraction of sp³-hybridized carbons (Fsp3) is 0.808. The Balaban J connectivity index is 0. The van der Waals surface area contributed by atoms with Crippen LogP contribution >= 0.6 is 0 Å². The van der Waals surface area contributed by atoms with E-state index in [1.165, 1.54) is 51.4 Å². The van der Waals surface area contributed by atoms with E-state index in [-0.39, 0.29) is 37.5 Å². The Morgan fingerprint density at radius 2 is 1.17 bits per heavy atom. The van der Waals surface area contributed by atoms with Gasteiger partial charge in [0.05, 0.1) is 5.97 Å². The number of carboxylic acids is 1. The summed E-state index contributed by atoms with van der Waals surface area (Å²) in [6.45, 7) is 8.83. The van der Waals surface area contributed by atoms with E-state index in [1.54, 1.807) is 0 Å². The summed E-state index contributed by atoms with van der Waals surface area (Å²) in [5.41, 5.74) is 0. The van der Waals surface area contributed by atoms with Crippen molar-refractivity contribution in [3.63, 3.8) is 0 Å². The van der Waals surface area contributed by atoms with Crippen molar-refractivity contribution in [2.24, 2.45) is 0 Å². The van der Waals surface area contributed by atoms with E-state index in [0.717, 1.165) is 38.5 Å². The molecule has 0 aromatic rings. The molecule has 170 valence electrons. The van der Waals surface area contributed by atoms with Crippen LogP contribution in [0.15, 0.2) is 24.3 Å². The average Bonchev–Trinajstić information content (AvgIpc) is 2.69. The second-order valence-corrected chi connectivity index (χ2v) is 8.31. The first-order valence-corrected chi connectivity index (χ1v) is 12.4. The molecule has 0 aliphatic rings. The minimum atomic E-state index is -0.972. The number of allylic oxidation sites excluding steroid dienone is 2. The summed E-state index contributed by atoms with van der Waals surface area (Å²) >= 11 is 0. The Hall–Kier alpha value is -0.493. The van der Waals surface area contributed by atoms with Crippen LogP contribution in [-0.2, 0) is 4.79 Å². The van der Waals surface area contributed by atoms with Crippen LogP contribution in [0.3, 0.4) is 0 Å². The zero-order valence-corrected chi connectivity index (χ0v) is 20.8. The molecule has 0 aliphatic carbocycles. The summed E-state index contributed by atoms with van der Waals surface area (Å²) in [4.78, 5) is 13.7. The van der Waals surface area contributed by atoms with Gasteiger partial charge in [0.15, 0.2) is 0 Å². The zero-order chi connectivity index (χ0) is 21.7. The van der Waals surface area contributed by atoms with Crippen LogP contribution in [-0.4, -0.2) is 29.5 Å². The SMILES string of the molecule is CCCCCC/C=C/C(CCC)N(CC(=O)[O-])C(/C=C/CCCCCC)CCC.[Li+]. The van der Waals surface area contributed by atoms with Crippen molar-refractivity contribution in [1.82, 2.24) is 4.90 Å². The molecule has 2 atom stereocenters. The molecule has 2 unspecified atom stereocenters. The van der Waals surface area contributed by atoms with Gasteiger partial charge >= 0.3 is 18.9 Å². The fourth-order valence-corrected chi connectivity index (χ4v) is 3.85. The molecule has 0 amide bonds. The van der Waals surface area contributed by atoms with Crippen molar-refractivity contribution in [2.45, 2.75) is 130 Å². The fourth-order valence-electron chi connectivity index (χ4n) is 3.85. The molecule has 0 radical (unpaired) electrons. The third-order valence-corrected chi connectivity index (χ3v) is 5.50. The van der Waals surface area contributed by atoms with Crippen molar-refractivity contribution in [1.29, 1.82) is 0 Å². The van der Waals surface area contributed by atoms with Crippen molar-refractivity contribution >= 4 is 5.97 Å². The largest absolute Gasteiger partial charge is 1.00 e. The monoisotopic (exact) mass is 413 g/mol. The van der Waals surface area contributed by atoms with Gasteiger partial charge in [0.1, 0.15) is 0 Å². The van der Waals surface area contributed by atoms with E-state index in [9.17, 15) is 9.90 Å². The zero-order valence-electron chi connectivity index (χ0n) is 20.8. The summed E-state index contributed by atoms with van der Waals surface area (Å²) in [7, 11) is 0. The van der Waals surface area contributed by atoms with E-state index in [1.807, 2.05) is 0 Å². The minimum Gasteiger partial charge on any atom is -0.549 e. The average molecular weight is 414 g/mol. The maximum atomic E-state index is 11.5. The number of unbranched alkanes of at least 4 members (excludes halogenated alkanes) is 8. The number of hydrogen-bond donors (Lipinski definition) is 0. The first-order chi connectivity index (χ1) is 14.1. The molecular weight excluding hydrogens is 365 g/mol. The smallest absolute Gasteiger partial charge is 0.549 e. The molecule has 30 heavy (non-hydrogen) atoms. The van der Waals surface area contributed by atoms with Crippen molar-refractivity contribution in [3.05, 3.63) is 24.3 Å². The molecule has 0 aromatic carbocycles. The number of aliphatic carboxylic acids is 1. The molecule has 0 saturated carbocycles. The Morgan fingerprint density at radius 1 is 0.733 bits per heavy atom. The maximum Gasteiger partial charge on any atom is 1.00 e. The summed E-state index contributed by atoms with van der Waals surface area (Å²) < 4.78 is 0. The van der Waals surface area contributed by atoms with Crippen LogP contribution in [0.4, 0.5) is 0 Å². The number of hydrogen-bond acceptors (Lipinski definition) is 3. The molecule has 0 bridgehead atoms. The van der Waals surface area contributed by atoms with Gasteiger partial charge in [0.25, 0.3) is 0 Å². The minimum absolute atomic E-state index is 0. The maximum absolute atomic E-state index is 11.5. The van der Waals surface area contributed by atoms with E-state index >= 15 is 0 Å². The molecule has 0 rings (SSSR count). The Kier molecular flexibility index (Phi) is 24.5. The van der Waals surface area contributed by atoms with Gasteiger partial charge in [-0.1, -0.05) is 103 Å². The van der Waals surface area contributed by atoms with Crippen LogP contribution in [0.2, 0.25) is 0 Å². The third-order valence-electron chi connectivity index (χ3n) is 5.50. The summed E-state index contributed by atoms with van der Waals surface area (Å²) in [6.07, 6.45) is 25.4. The molecule has 0 fully saturated rings. The number of carbonyl (C=O) groups excluding carboxylic acids is 1. The first kappa shape index (κ1) is 31.7. The van der Waals surface area contributed by atoms with Gasteiger partial charge in [0.2, 0.25) is 0 Å². The van der Waals surface area contributed by atoms with Crippen LogP contribution < -0.4 is 24.0 Å². The van der Waals surface area contributed by atoms with Crippen LogP contribution in [0, 0.1) is 0 Å². The summed E-state index contributed by atoms with van der Waals surface area (Å²) in [5.74, 6) is -0.972. The number of nitrogens with zero attached hydrogens (tertiary/aromatic N) is 1. The molecule has 0 aromatic heterocycles. The van der Waals surface area contributed by atoms with Gasteiger partial charge in [-0.2, -0.15) is 0 Å². The van der Waals surface area contributed by atoms with Gasteiger partial charge in [-0.25, -0.2) is 0 Å². The normalized spacial score (nSPS) is 13.8. The number of carbonyl (C=O) groups is 1. The Morgan fingerprint density at radius 3 is 1.50 bits per heavy atom. The predicted octanol–water partition coefficient (Wildman–Crippen LogP) is 3.43. The molecule has 3 nitrogen and oxygen atoms in total. The second kappa shape index (κ2) is 23.2. The van der Waals surface area contributed by atoms with E-state index in [4.69, 9.17) is 0 Å². The van der Waals surface area contributed by atoms with E-state index in [0.29, 0.717) is 0 Å². The molecule has 0 spiro atoms. The van der Waals surface area contributed by atoms with Gasteiger partial charge < -0.3 is 9.90 Å². The Labute approximate surface area is 199 Å². The van der Waals surface area contributed by atoms with Crippen molar-refractivity contribution in [3.8, 4) is 0 Å². The van der Waals surface area contributed by atoms with Gasteiger partial charge in [-0.3, -0.25) is 4.90 Å². The van der Waals surface area contributed by atoms with Gasteiger partial charge in [0, 0.05) is 18.6 Å². The predicted molar refractivity (Wildman–Crippen MR) is 125 cm³/mol.